The smallest absolute Gasteiger partial charge is 0.297 e. The van der Waals surface area contributed by atoms with Crippen LogP contribution in [0.5, 0.6) is 5.75 Å². The monoisotopic (exact) mass is 328 g/mol. The fourth-order valence-electron chi connectivity index (χ4n) is 2.20. The van der Waals surface area contributed by atoms with Crippen LogP contribution in [-0.4, -0.2) is 25.8 Å². The average molecular weight is 328 g/mol. The molecule has 0 aromatic heterocycles. The minimum Gasteiger partial charge on any atom is -0.489 e. The molecule has 0 saturated carbocycles. The van der Waals surface area contributed by atoms with Gasteiger partial charge in [-0.3, -0.25) is 9.63 Å². The van der Waals surface area contributed by atoms with Crippen molar-refractivity contribution in [2.75, 3.05) is 14.2 Å². The van der Waals surface area contributed by atoms with Crippen LogP contribution in [0.4, 0.5) is 0 Å². The van der Waals surface area contributed by atoms with Gasteiger partial charge in [-0.1, -0.05) is 47.6 Å². The Balaban J connectivity index is 2.27. The highest BCUT2D eigenvalue weighted by Crippen LogP contribution is 2.19. The van der Waals surface area contributed by atoms with Crippen LogP contribution in [0.1, 0.15) is 16.7 Å². The third kappa shape index (κ3) is 4.33. The topological polar surface area (TPSA) is 69.2 Å². The van der Waals surface area contributed by atoms with Gasteiger partial charge in [0.1, 0.15) is 19.5 Å². The Labute approximate surface area is 141 Å². The molecule has 0 fully saturated rings. The lowest BCUT2D eigenvalue weighted by Crippen LogP contribution is -2.31. The minimum absolute atomic E-state index is 0.114. The van der Waals surface area contributed by atoms with Crippen LogP contribution in [0.3, 0.4) is 0 Å². The molecule has 0 atom stereocenters. The van der Waals surface area contributed by atoms with E-state index in [9.17, 15) is 4.79 Å². The molecule has 0 aliphatic rings. The molecule has 0 bridgehead atoms. The van der Waals surface area contributed by atoms with Crippen LogP contribution in [0.2, 0.25) is 0 Å². The number of hydroxylamine groups is 1. The van der Waals surface area contributed by atoms with Crippen LogP contribution in [0.25, 0.3) is 0 Å². The van der Waals surface area contributed by atoms with Gasteiger partial charge in [0, 0.05) is 5.56 Å². The maximum atomic E-state index is 12.1. The third-order valence-corrected chi connectivity index (χ3v) is 3.34. The van der Waals surface area contributed by atoms with Crippen molar-refractivity contribution in [3.05, 3.63) is 65.2 Å². The normalized spacial score (nSPS) is 11.0. The number of rotatable bonds is 7. The van der Waals surface area contributed by atoms with Gasteiger partial charge < -0.3 is 9.57 Å². The van der Waals surface area contributed by atoms with Crippen LogP contribution < -0.4 is 10.2 Å². The number of carbonyl (C=O) groups is 1. The van der Waals surface area contributed by atoms with Crippen molar-refractivity contribution in [1.29, 1.82) is 0 Å². The lowest BCUT2D eigenvalue weighted by Gasteiger charge is -2.13. The van der Waals surface area contributed by atoms with E-state index in [2.05, 4.69) is 15.5 Å². The number of aryl methyl sites for hydroxylation is 1. The molecule has 6 nitrogen and oxygen atoms in total. The summed E-state index contributed by atoms with van der Waals surface area (Å²) in [6, 6.07) is 15.1. The number of hydrogen-bond acceptors (Lipinski definition) is 5. The molecule has 0 aliphatic carbocycles. The van der Waals surface area contributed by atoms with Crippen molar-refractivity contribution in [2.24, 2.45) is 5.16 Å². The Morgan fingerprint density at radius 3 is 2.50 bits per heavy atom. The second-order valence-corrected chi connectivity index (χ2v) is 4.97. The quantitative estimate of drug-likeness (QED) is 0.626. The fourth-order valence-corrected chi connectivity index (χ4v) is 2.20. The van der Waals surface area contributed by atoms with Crippen LogP contribution in [-0.2, 0) is 21.1 Å². The highest BCUT2D eigenvalue weighted by Gasteiger charge is 2.18. The zero-order chi connectivity index (χ0) is 17.4. The van der Waals surface area contributed by atoms with E-state index in [4.69, 9.17) is 9.57 Å². The largest absolute Gasteiger partial charge is 0.489 e. The summed E-state index contributed by atoms with van der Waals surface area (Å²) in [4.78, 5) is 21.6. The zero-order valence-corrected chi connectivity index (χ0v) is 13.9. The predicted octanol–water partition coefficient (Wildman–Crippen LogP) is 2.60. The summed E-state index contributed by atoms with van der Waals surface area (Å²) in [6.07, 6.45) is 0. The Morgan fingerprint density at radius 1 is 1.08 bits per heavy atom. The lowest BCUT2D eigenvalue weighted by molar-refractivity contribution is -0.124. The first kappa shape index (κ1) is 17.5. The van der Waals surface area contributed by atoms with Gasteiger partial charge in [0.2, 0.25) is 0 Å². The van der Waals surface area contributed by atoms with Crippen molar-refractivity contribution in [1.82, 2.24) is 5.48 Å². The summed E-state index contributed by atoms with van der Waals surface area (Å²) >= 11 is 0. The molecular weight excluding hydrogens is 308 g/mol. The number of nitrogens with zero attached hydrogens (tertiary/aromatic N) is 1. The summed E-state index contributed by atoms with van der Waals surface area (Å²) in [5.41, 5.74) is 4.82. The number of benzene rings is 2. The van der Waals surface area contributed by atoms with Crippen LogP contribution in [0.15, 0.2) is 53.7 Å². The van der Waals surface area contributed by atoms with E-state index in [0.717, 1.165) is 16.9 Å². The molecular formula is C18H20N2O4. The SMILES string of the molecule is CO/N=C(/C(=O)NOC)c1ccccc1COc1ccccc1C. The van der Waals surface area contributed by atoms with Gasteiger partial charge in [-0.25, -0.2) is 5.48 Å². The van der Waals surface area contributed by atoms with Crippen molar-refractivity contribution in [2.45, 2.75) is 13.5 Å². The molecule has 1 N–H and O–H groups in total. The predicted molar refractivity (Wildman–Crippen MR) is 90.7 cm³/mol. The summed E-state index contributed by atoms with van der Waals surface area (Å²) in [5, 5.41) is 3.82. The summed E-state index contributed by atoms with van der Waals surface area (Å²) in [5.74, 6) is 0.293. The molecule has 0 spiro atoms. The Bertz CT molecular complexity index is 728. The number of amides is 1. The second kappa shape index (κ2) is 8.69. The molecule has 24 heavy (non-hydrogen) atoms. The zero-order valence-electron chi connectivity index (χ0n) is 13.9. The minimum atomic E-state index is -0.498. The first-order valence-electron chi connectivity index (χ1n) is 7.38. The molecule has 0 saturated heterocycles. The molecule has 2 aromatic carbocycles. The first-order chi connectivity index (χ1) is 11.7. The van der Waals surface area contributed by atoms with E-state index in [0.29, 0.717) is 12.2 Å². The van der Waals surface area contributed by atoms with E-state index in [1.165, 1.54) is 14.2 Å². The maximum absolute atomic E-state index is 12.1. The van der Waals surface area contributed by atoms with E-state index in [-0.39, 0.29) is 5.71 Å². The van der Waals surface area contributed by atoms with Gasteiger partial charge in [-0.15, -0.1) is 0 Å². The van der Waals surface area contributed by atoms with E-state index in [1.807, 2.05) is 49.4 Å². The Kier molecular flexibility index (Phi) is 6.33. The fraction of sp³-hybridized carbons (Fsp3) is 0.222. The van der Waals surface area contributed by atoms with Crippen molar-refractivity contribution in [3.63, 3.8) is 0 Å². The van der Waals surface area contributed by atoms with E-state index in [1.54, 1.807) is 6.07 Å². The number of carbonyl (C=O) groups excluding carboxylic acids is 1. The van der Waals surface area contributed by atoms with Crippen molar-refractivity contribution < 1.29 is 19.2 Å². The highest BCUT2D eigenvalue weighted by atomic mass is 16.6. The van der Waals surface area contributed by atoms with Gasteiger partial charge in [-0.2, -0.15) is 0 Å². The highest BCUT2D eigenvalue weighted by molar-refractivity contribution is 6.45. The maximum Gasteiger partial charge on any atom is 0.297 e. The van der Waals surface area contributed by atoms with E-state index < -0.39 is 5.91 Å². The Morgan fingerprint density at radius 2 is 1.79 bits per heavy atom. The van der Waals surface area contributed by atoms with Crippen molar-refractivity contribution >= 4 is 11.6 Å². The second-order valence-electron chi connectivity index (χ2n) is 4.97. The molecule has 6 heteroatoms. The molecule has 0 aliphatic heterocycles. The molecule has 2 rings (SSSR count). The third-order valence-electron chi connectivity index (χ3n) is 3.34. The van der Waals surface area contributed by atoms with Gasteiger partial charge in [-0.05, 0) is 24.1 Å². The number of oxime groups is 1. The molecule has 0 heterocycles. The standard InChI is InChI=1S/C18H20N2O4/c1-13-8-4-7-11-16(13)24-12-14-9-5-6-10-15(14)17(19-22-2)18(21)20-23-3/h4-11H,12H2,1-3H3,(H,20,21)/b19-17+. The summed E-state index contributed by atoms with van der Waals surface area (Å²) in [7, 11) is 2.74. The van der Waals surface area contributed by atoms with Gasteiger partial charge >= 0.3 is 0 Å². The summed E-state index contributed by atoms with van der Waals surface area (Å²) in [6.45, 7) is 2.27. The van der Waals surface area contributed by atoms with Gasteiger partial charge in [0.15, 0.2) is 5.71 Å². The molecule has 0 unspecified atom stereocenters. The summed E-state index contributed by atoms with van der Waals surface area (Å²) < 4.78 is 5.87. The van der Waals surface area contributed by atoms with Gasteiger partial charge in [0.05, 0.1) is 7.11 Å². The van der Waals surface area contributed by atoms with Crippen molar-refractivity contribution in [3.8, 4) is 5.75 Å². The molecule has 126 valence electrons. The van der Waals surface area contributed by atoms with E-state index >= 15 is 0 Å². The van der Waals surface area contributed by atoms with Crippen LogP contribution >= 0.6 is 0 Å². The number of hydrogen-bond donors (Lipinski definition) is 1. The Hall–Kier alpha value is -2.86. The molecule has 1 amide bonds. The van der Waals surface area contributed by atoms with Crippen LogP contribution in [0, 0.1) is 6.92 Å². The van der Waals surface area contributed by atoms with Gasteiger partial charge in [0.25, 0.3) is 5.91 Å². The molecule has 0 radical (unpaired) electrons. The number of para-hydroxylation sites is 1. The average Bonchev–Trinajstić information content (AvgIpc) is 2.59. The first-order valence-corrected chi connectivity index (χ1v) is 7.38. The molecule has 2 aromatic rings. The number of ether oxygens (including phenoxy) is 1. The number of nitrogens with one attached hydrogen (secondary N) is 1. The lowest BCUT2D eigenvalue weighted by atomic mass is 10.0.